The largest absolute Gasteiger partial charge is 0.484 e. The van der Waals surface area contributed by atoms with E-state index in [-0.39, 0.29) is 19.1 Å². The summed E-state index contributed by atoms with van der Waals surface area (Å²) in [6.07, 6.45) is 2.95. The number of hydrogen-bond acceptors (Lipinski definition) is 5. The Morgan fingerprint density at radius 1 is 1.15 bits per heavy atom. The molecular weight excluding hydrogens is 336 g/mol. The first-order valence-corrected chi connectivity index (χ1v) is 8.44. The van der Waals surface area contributed by atoms with Gasteiger partial charge in [-0.15, -0.1) is 0 Å². The van der Waals surface area contributed by atoms with Gasteiger partial charge in [0.15, 0.2) is 6.61 Å². The first-order valence-electron chi connectivity index (χ1n) is 8.44. The van der Waals surface area contributed by atoms with Crippen LogP contribution in [0.2, 0.25) is 0 Å². The third-order valence-electron chi connectivity index (χ3n) is 4.17. The van der Waals surface area contributed by atoms with Crippen molar-refractivity contribution in [2.75, 3.05) is 19.7 Å². The standard InChI is InChI=1S/C19H20N2O5/c22-18(21-11-3-4-14(12-21)19(23)24)13-25-15-6-8-16(9-7-15)26-17-5-1-2-10-20-17/h1-2,5-10,14H,3-4,11-13H2,(H,23,24). The highest BCUT2D eigenvalue weighted by Crippen LogP contribution is 2.22. The van der Waals surface area contributed by atoms with E-state index < -0.39 is 11.9 Å². The lowest BCUT2D eigenvalue weighted by Crippen LogP contribution is -2.44. The summed E-state index contributed by atoms with van der Waals surface area (Å²) in [5.41, 5.74) is 0. The molecule has 136 valence electrons. The number of carbonyl (C=O) groups excluding carboxylic acids is 1. The van der Waals surface area contributed by atoms with Crippen LogP contribution in [-0.4, -0.2) is 46.6 Å². The minimum atomic E-state index is -0.855. The van der Waals surface area contributed by atoms with Crippen LogP contribution in [0.3, 0.4) is 0 Å². The fraction of sp³-hybridized carbons (Fsp3) is 0.316. The summed E-state index contributed by atoms with van der Waals surface area (Å²) in [4.78, 5) is 28.9. The molecule has 1 N–H and O–H groups in total. The van der Waals surface area contributed by atoms with E-state index in [2.05, 4.69) is 4.98 Å². The number of carbonyl (C=O) groups is 2. The monoisotopic (exact) mass is 356 g/mol. The van der Waals surface area contributed by atoms with Crippen LogP contribution in [0.4, 0.5) is 0 Å². The number of pyridine rings is 1. The number of aromatic nitrogens is 1. The van der Waals surface area contributed by atoms with Gasteiger partial charge < -0.3 is 19.5 Å². The average molecular weight is 356 g/mol. The van der Waals surface area contributed by atoms with Gasteiger partial charge in [0.25, 0.3) is 5.91 Å². The Hall–Kier alpha value is -3.09. The van der Waals surface area contributed by atoms with E-state index in [0.29, 0.717) is 36.8 Å². The second-order valence-corrected chi connectivity index (χ2v) is 6.05. The maximum absolute atomic E-state index is 12.2. The summed E-state index contributed by atoms with van der Waals surface area (Å²) in [6.45, 7) is 0.698. The lowest BCUT2D eigenvalue weighted by molar-refractivity contribution is -0.146. The van der Waals surface area contributed by atoms with Crippen molar-refractivity contribution in [3.8, 4) is 17.4 Å². The van der Waals surface area contributed by atoms with Crippen LogP contribution < -0.4 is 9.47 Å². The van der Waals surface area contributed by atoms with Gasteiger partial charge in [0, 0.05) is 25.4 Å². The van der Waals surface area contributed by atoms with Crippen molar-refractivity contribution in [1.29, 1.82) is 0 Å². The number of rotatable bonds is 6. The van der Waals surface area contributed by atoms with E-state index in [1.807, 2.05) is 12.1 Å². The van der Waals surface area contributed by atoms with Crippen molar-refractivity contribution in [1.82, 2.24) is 9.88 Å². The Labute approximate surface area is 151 Å². The second kappa shape index (κ2) is 8.33. The molecule has 7 nitrogen and oxygen atoms in total. The van der Waals surface area contributed by atoms with Crippen LogP contribution in [0.1, 0.15) is 12.8 Å². The molecule has 26 heavy (non-hydrogen) atoms. The summed E-state index contributed by atoms with van der Waals surface area (Å²) < 4.78 is 11.1. The topological polar surface area (TPSA) is 89.0 Å². The van der Waals surface area contributed by atoms with Crippen molar-refractivity contribution in [2.24, 2.45) is 5.92 Å². The zero-order chi connectivity index (χ0) is 18.4. The van der Waals surface area contributed by atoms with E-state index >= 15 is 0 Å². The zero-order valence-electron chi connectivity index (χ0n) is 14.2. The number of hydrogen-bond donors (Lipinski definition) is 1. The normalized spacial score (nSPS) is 16.8. The lowest BCUT2D eigenvalue weighted by atomic mass is 9.98. The number of aliphatic carboxylic acids is 1. The number of piperidine rings is 1. The van der Waals surface area contributed by atoms with Gasteiger partial charge in [0.1, 0.15) is 11.5 Å². The molecule has 1 unspecified atom stereocenters. The quantitative estimate of drug-likeness (QED) is 0.856. The maximum atomic E-state index is 12.2. The van der Waals surface area contributed by atoms with Crippen LogP contribution in [0.5, 0.6) is 17.4 Å². The molecule has 1 aliphatic rings. The van der Waals surface area contributed by atoms with Gasteiger partial charge in [-0.05, 0) is 43.2 Å². The van der Waals surface area contributed by atoms with Gasteiger partial charge in [-0.1, -0.05) is 6.07 Å². The molecular formula is C19H20N2O5. The third-order valence-corrected chi connectivity index (χ3v) is 4.17. The molecule has 1 saturated heterocycles. The number of likely N-dealkylation sites (tertiary alicyclic amines) is 1. The Morgan fingerprint density at radius 3 is 2.62 bits per heavy atom. The molecule has 1 aliphatic heterocycles. The van der Waals surface area contributed by atoms with Gasteiger partial charge >= 0.3 is 5.97 Å². The first kappa shape index (κ1) is 17.7. The predicted molar refractivity (Wildman–Crippen MR) is 93.2 cm³/mol. The van der Waals surface area contributed by atoms with Crippen molar-refractivity contribution < 1.29 is 24.2 Å². The van der Waals surface area contributed by atoms with Crippen molar-refractivity contribution in [3.05, 3.63) is 48.7 Å². The molecule has 2 heterocycles. The third kappa shape index (κ3) is 4.72. The first-order chi connectivity index (χ1) is 12.6. The van der Waals surface area contributed by atoms with Gasteiger partial charge in [0.2, 0.25) is 5.88 Å². The van der Waals surface area contributed by atoms with Gasteiger partial charge in [-0.3, -0.25) is 9.59 Å². The number of carboxylic acid groups (broad SMARTS) is 1. The van der Waals surface area contributed by atoms with E-state index in [9.17, 15) is 9.59 Å². The molecule has 0 spiro atoms. The fourth-order valence-corrected chi connectivity index (χ4v) is 2.77. The van der Waals surface area contributed by atoms with Crippen molar-refractivity contribution >= 4 is 11.9 Å². The molecule has 1 amide bonds. The van der Waals surface area contributed by atoms with Crippen molar-refractivity contribution in [2.45, 2.75) is 12.8 Å². The SMILES string of the molecule is O=C(O)C1CCCN(C(=O)COc2ccc(Oc3ccccn3)cc2)C1. The van der Waals surface area contributed by atoms with Crippen LogP contribution in [0.15, 0.2) is 48.7 Å². The predicted octanol–water partition coefficient (Wildman–Crippen LogP) is 2.58. The van der Waals surface area contributed by atoms with Crippen LogP contribution in [0, 0.1) is 5.92 Å². The molecule has 0 bridgehead atoms. The minimum Gasteiger partial charge on any atom is -0.484 e. The molecule has 3 rings (SSSR count). The summed E-state index contributed by atoms with van der Waals surface area (Å²) in [5, 5.41) is 9.09. The molecule has 0 radical (unpaired) electrons. The molecule has 7 heteroatoms. The van der Waals surface area contributed by atoms with Gasteiger partial charge in [-0.2, -0.15) is 0 Å². The van der Waals surface area contributed by atoms with Crippen molar-refractivity contribution in [3.63, 3.8) is 0 Å². The Bertz CT molecular complexity index is 748. The minimum absolute atomic E-state index is 0.118. The summed E-state index contributed by atoms with van der Waals surface area (Å²) in [5.74, 6) is 0.100. The second-order valence-electron chi connectivity index (χ2n) is 6.05. The number of ether oxygens (including phenoxy) is 2. The average Bonchev–Trinajstić information content (AvgIpc) is 2.68. The number of amides is 1. The summed E-state index contributed by atoms with van der Waals surface area (Å²) in [6, 6.07) is 12.3. The number of carboxylic acids is 1. The van der Waals surface area contributed by atoms with Crippen LogP contribution in [-0.2, 0) is 9.59 Å². The van der Waals surface area contributed by atoms with E-state index in [1.54, 1.807) is 41.4 Å². The molecule has 1 aromatic heterocycles. The van der Waals surface area contributed by atoms with Gasteiger partial charge in [-0.25, -0.2) is 4.98 Å². The Kier molecular flexibility index (Phi) is 5.68. The van der Waals surface area contributed by atoms with E-state index in [1.165, 1.54) is 0 Å². The number of benzene rings is 1. The van der Waals surface area contributed by atoms with Crippen LogP contribution in [0.25, 0.3) is 0 Å². The molecule has 0 aliphatic carbocycles. The summed E-state index contributed by atoms with van der Waals surface area (Å²) >= 11 is 0. The number of nitrogens with zero attached hydrogens (tertiary/aromatic N) is 2. The van der Waals surface area contributed by atoms with E-state index in [0.717, 1.165) is 0 Å². The van der Waals surface area contributed by atoms with Gasteiger partial charge in [0.05, 0.1) is 5.92 Å². The molecule has 1 atom stereocenters. The molecule has 0 saturated carbocycles. The summed E-state index contributed by atoms with van der Waals surface area (Å²) in [7, 11) is 0. The fourth-order valence-electron chi connectivity index (χ4n) is 2.77. The lowest BCUT2D eigenvalue weighted by Gasteiger charge is -2.30. The molecule has 1 aromatic carbocycles. The highest BCUT2D eigenvalue weighted by atomic mass is 16.5. The smallest absolute Gasteiger partial charge is 0.308 e. The Morgan fingerprint density at radius 2 is 1.92 bits per heavy atom. The highest BCUT2D eigenvalue weighted by molar-refractivity contribution is 5.79. The van der Waals surface area contributed by atoms with Crippen LogP contribution >= 0.6 is 0 Å². The van der Waals surface area contributed by atoms with E-state index in [4.69, 9.17) is 14.6 Å². The zero-order valence-corrected chi connectivity index (χ0v) is 14.2. The Balaban J connectivity index is 1.50. The molecule has 1 fully saturated rings. The highest BCUT2D eigenvalue weighted by Gasteiger charge is 2.28. The maximum Gasteiger partial charge on any atom is 0.308 e. The molecule has 2 aromatic rings.